The van der Waals surface area contributed by atoms with E-state index in [2.05, 4.69) is 30.8 Å². The number of hydrogen-bond acceptors (Lipinski definition) is 11. The Kier molecular flexibility index (Phi) is 5.99. The lowest BCUT2D eigenvalue weighted by Gasteiger charge is -2.32. The first-order chi connectivity index (χ1) is 18.1. The first-order valence-corrected chi connectivity index (χ1v) is 11.9. The van der Waals surface area contributed by atoms with E-state index in [0.717, 1.165) is 11.1 Å². The van der Waals surface area contributed by atoms with E-state index < -0.39 is 11.6 Å². The lowest BCUT2D eigenvalue weighted by atomic mass is 9.85. The number of carbonyl (C=O) groups excluding carboxylic acids is 1. The number of nitrogens with one attached hydrogen (secondary N) is 2. The van der Waals surface area contributed by atoms with Crippen molar-refractivity contribution in [3.8, 4) is 11.5 Å². The average Bonchev–Trinajstić information content (AvgIpc) is 3.55. The Morgan fingerprint density at radius 1 is 1.08 bits per heavy atom. The molecular weight excluding hydrogens is 476 g/mol. The number of anilines is 3. The second-order valence-electron chi connectivity index (χ2n) is 8.87. The number of benzene rings is 2. The number of rotatable bonds is 7. The van der Waals surface area contributed by atoms with Gasteiger partial charge in [-0.3, -0.25) is 0 Å². The van der Waals surface area contributed by atoms with Gasteiger partial charge >= 0.3 is 5.97 Å². The van der Waals surface area contributed by atoms with Crippen molar-refractivity contribution in [1.82, 2.24) is 20.2 Å². The number of hydrogen-bond donors (Lipinski definition) is 3. The van der Waals surface area contributed by atoms with Crippen LogP contribution in [0.4, 0.5) is 17.5 Å². The van der Waals surface area contributed by atoms with Crippen molar-refractivity contribution in [2.75, 3.05) is 30.5 Å². The summed E-state index contributed by atoms with van der Waals surface area (Å²) in [7, 11) is 0. The lowest BCUT2D eigenvalue weighted by Crippen LogP contribution is -2.33. The zero-order valence-electron chi connectivity index (χ0n) is 19.8. The van der Waals surface area contributed by atoms with Crippen molar-refractivity contribution in [2.45, 2.75) is 24.5 Å². The highest BCUT2D eigenvalue weighted by Gasteiger charge is 2.46. The van der Waals surface area contributed by atoms with E-state index >= 15 is 0 Å². The molecule has 37 heavy (non-hydrogen) atoms. The van der Waals surface area contributed by atoms with Gasteiger partial charge in [0.25, 0.3) is 5.89 Å². The smallest absolute Gasteiger partial charge is 0.339 e. The average molecular weight is 501 g/mol. The maximum absolute atomic E-state index is 12.5. The van der Waals surface area contributed by atoms with Crippen LogP contribution in [0.5, 0.6) is 0 Å². The minimum absolute atomic E-state index is 0.162. The molecule has 4 heterocycles. The number of ether oxygens (including phenoxy) is 2. The fraction of sp³-hybridized carbons (Fsp3) is 0.269. The Labute approximate surface area is 211 Å². The van der Waals surface area contributed by atoms with E-state index in [9.17, 15) is 9.90 Å². The zero-order chi connectivity index (χ0) is 25.2. The van der Waals surface area contributed by atoms with Crippen LogP contribution in [0.25, 0.3) is 11.5 Å². The first-order valence-electron chi connectivity index (χ1n) is 11.9. The zero-order valence-corrected chi connectivity index (χ0v) is 19.8. The third-order valence-electron chi connectivity index (χ3n) is 6.65. The molecule has 1 atom stereocenters. The SMILES string of the molecule is O=C1OC2(CCOCC2)c2cc(Nc3ncc(-c4nnco4)c(N[C@H](CO)c4ccccc4)n3)ccc21. The van der Waals surface area contributed by atoms with Crippen molar-refractivity contribution in [2.24, 2.45) is 0 Å². The van der Waals surface area contributed by atoms with Crippen molar-refractivity contribution < 1.29 is 23.8 Å². The van der Waals surface area contributed by atoms with Crippen LogP contribution in [0.3, 0.4) is 0 Å². The van der Waals surface area contributed by atoms with Gasteiger partial charge in [-0.25, -0.2) is 9.78 Å². The maximum atomic E-state index is 12.5. The quantitative estimate of drug-likeness (QED) is 0.320. The van der Waals surface area contributed by atoms with E-state index in [0.29, 0.717) is 54.6 Å². The summed E-state index contributed by atoms with van der Waals surface area (Å²) in [4.78, 5) is 21.6. The van der Waals surface area contributed by atoms with E-state index in [1.165, 1.54) is 6.39 Å². The van der Waals surface area contributed by atoms with E-state index in [4.69, 9.17) is 13.9 Å². The van der Waals surface area contributed by atoms with Crippen LogP contribution in [0, 0.1) is 0 Å². The molecule has 188 valence electrons. The van der Waals surface area contributed by atoms with Gasteiger partial charge in [0.2, 0.25) is 12.3 Å². The fourth-order valence-corrected chi connectivity index (χ4v) is 4.75. The molecule has 0 radical (unpaired) electrons. The fourth-order valence-electron chi connectivity index (χ4n) is 4.75. The number of esters is 1. The lowest BCUT2D eigenvalue weighted by molar-refractivity contribution is -0.0734. The number of aliphatic hydroxyl groups is 1. The topological polar surface area (TPSA) is 145 Å². The standard InChI is InChI=1S/C26H24N6O5/c33-14-21(16-4-2-1-3-5-16)30-22-19(23-32-28-15-36-23)13-27-25(31-22)29-17-6-7-18-20(12-17)26(37-24(18)34)8-10-35-11-9-26/h1-7,12-13,15,21,33H,8-11,14H2,(H2,27,29,30,31)/t21-/m1/s1. The van der Waals surface area contributed by atoms with Crippen LogP contribution in [-0.4, -0.2) is 51.1 Å². The summed E-state index contributed by atoms with van der Waals surface area (Å²) in [5, 5.41) is 24.3. The molecule has 2 aromatic heterocycles. The molecule has 4 aromatic rings. The molecule has 0 bridgehead atoms. The molecule has 1 saturated heterocycles. The summed E-state index contributed by atoms with van der Waals surface area (Å²) in [5.41, 5.74) is 2.83. The molecule has 0 amide bonds. The number of nitrogens with zero attached hydrogens (tertiary/aromatic N) is 4. The Morgan fingerprint density at radius 2 is 1.92 bits per heavy atom. The molecular formula is C26H24N6O5. The van der Waals surface area contributed by atoms with E-state index in [1.807, 2.05) is 36.4 Å². The minimum Gasteiger partial charge on any atom is -0.450 e. The summed E-state index contributed by atoms with van der Waals surface area (Å²) in [6.07, 6.45) is 4.03. The van der Waals surface area contributed by atoms with Crippen molar-refractivity contribution in [3.05, 3.63) is 77.8 Å². The molecule has 6 rings (SSSR count). The molecule has 11 heteroatoms. The summed E-state index contributed by atoms with van der Waals surface area (Å²) in [5.74, 6) is 0.645. The molecule has 2 aromatic carbocycles. The molecule has 11 nitrogen and oxygen atoms in total. The number of fused-ring (bicyclic) bond motifs is 2. The number of carbonyl (C=O) groups is 1. The van der Waals surface area contributed by atoms with E-state index in [-0.39, 0.29) is 18.5 Å². The highest BCUT2D eigenvalue weighted by atomic mass is 16.6. The molecule has 3 N–H and O–H groups in total. The van der Waals surface area contributed by atoms with Gasteiger partial charge < -0.3 is 29.6 Å². The van der Waals surface area contributed by atoms with Crippen LogP contribution < -0.4 is 10.6 Å². The van der Waals surface area contributed by atoms with Gasteiger partial charge in [0.05, 0.1) is 37.0 Å². The molecule has 0 aliphatic carbocycles. The number of aromatic nitrogens is 4. The Balaban J connectivity index is 1.33. The van der Waals surface area contributed by atoms with Gasteiger partial charge in [-0.05, 0) is 23.8 Å². The third kappa shape index (κ3) is 4.39. The predicted octanol–water partition coefficient (Wildman–Crippen LogP) is 3.59. The molecule has 1 spiro atoms. The Hall–Kier alpha value is -4.35. The summed E-state index contributed by atoms with van der Waals surface area (Å²) in [6.45, 7) is 0.908. The van der Waals surface area contributed by atoms with Gasteiger partial charge in [0.15, 0.2) is 0 Å². The first kappa shape index (κ1) is 23.1. The Bertz CT molecular complexity index is 1410. The second kappa shape index (κ2) is 9.60. The van der Waals surface area contributed by atoms with Crippen molar-refractivity contribution in [3.63, 3.8) is 0 Å². The molecule has 0 saturated carbocycles. The predicted molar refractivity (Wildman–Crippen MR) is 132 cm³/mol. The van der Waals surface area contributed by atoms with Crippen LogP contribution in [0.1, 0.15) is 40.4 Å². The van der Waals surface area contributed by atoms with Gasteiger partial charge in [0, 0.05) is 30.3 Å². The molecule has 2 aliphatic heterocycles. The molecule has 0 unspecified atom stereocenters. The van der Waals surface area contributed by atoms with Gasteiger partial charge in [0.1, 0.15) is 11.4 Å². The second-order valence-corrected chi connectivity index (χ2v) is 8.87. The largest absolute Gasteiger partial charge is 0.450 e. The summed E-state index contributed by atoms with van der Waals surface area (Å²) < 4.78 is 16.7. The number of aliphatic hydroxyl groups excluding tert-OH is 1. The Morgan fingerprint density at radius 3 is 2.68 bits per heavy atom. The van der Waals surface area contributed by atoms with Crippen LogP contribution in [-0.2, 0) is 15.1 Å². The maximum Gasteiger partial charge on any atom is 0.339 e. The summed E-state index contributed by atoms with van der Waals surface area (Å²) >= 11 is 0. The van der Waals surface area contributed by atoms with E-state index in [1.54, 1.807) is 18.3 Å². The monoisotopic (exact) mass is 500 g/mol. The van der Waals surface area contributed by atoms with Gasteiger partial charge in [-0.2, -0.15) is 4.98 Å². The van der Waals surface area contributed by atoms with Gasteiger partial charge in [-0.15, -0.1) is 10.2 Å². The van der Waals surface area contributed by atoms with Crippen LogP contribution >= 0.6 is 0 Å². The van der Waals surface area contributed by atoms with Gasteiger partial charge in [-0.1, -0.05) is 30.3 Å². The summed E-state index contributed by atoms with van der Waals surface area (Å²) in [6, 6.07) is 14.6. The minimum atomic E-state index is -0.665. The molecule has 1 fully saturated rings. The van der Waals surface area contributed by atoms with Crippen LogP contribution in [0.15, 0.2) is 65.5 Å². The van der Waals surface area contributed by atoms with Crippen molar-refractivity contribution >= 4 is 23.4 Å². The normalized spacial score (nSPS) is 16.7. The molecule has 2 aliphatic rings. The highest BCUT2D eigenvalue weighted by molar-refractivity contribution is 5.95. The van der Waals surface area contributed by atoms with Crippen LogP contribution in [0.2, 0.25) is 0 Å². The highest BCUT2D eigenvalue weighted by Crippen LogP contribution is 2.44. The van der Waals surface area contributed by atoms with Crippen molar-refractivity contribution in [1.29, 1.82) is 0 Å². The third-order valence-corrected chi connectivity index (χ3v) is 6.65.